The van der Waals surface area contributed by atoms with Crippen molar-refractivity contribution in [3.8, 4) is 0 Å². The van der Waals surface area contributed by atoms with Crippen LogP contribution in [0.25, 0.3) is 0 Å². The molecule has 4 nitrogen and oxygen atoms in total. The van der Waals surface area contributed by atoms with Gasteiger partial charge in [0.05, 0.1) is 0 Å². The van der Waals surface area contributed by atoms with Crippen LogP contribution in [0.5, 0.6) is 0 Å². The zero-order valence-corrected chi connectivity index (χ0v) is 8.45. The van der Waals surface area contributed by atoms with Crippen LogP contribution in [0.15, 0.2) is 0 Å². The minimum Gasteiger partial charge on any atom is -0.446 e. The summed E-state index contributed by atoms with van der Waals surface area (Å²) in [6, 6.07) is 0.228. The Hall–Kier alpha value is -0.770. The van der Waals surface area contributed by atoms with Gasteiger partial charge in [-0.3, -0.25) is 0 Å². The summed E-state index contributed by atoms with van der Waals surface area (Å²) in [5, 5.41) is 0. The Morgan fingerprint density at radius 3 is 2.57 bits per heavy atom. The molecule has 0 aromatic carbocycles. The molecule has 0 spiro atoms. The molecule has 2 N–H and O–H groups in total. The molecule has 2 unspecified atom stereocenters. The first kappa shape index (κ1) is 9.77. The van der Waals surface area contributed by atoms with E-state index >= 15 is 0 Å². The largest absolute Gasteiger partial charge is 0.446 e. The quantitative estimate of drug-likeness (QED) is 0.686. The predicted octanol–water partition coefficient (Wildman–Crippen LogP) is 1.10. The number of nitrogens with two attached hydrogens (primary N) is 1. The van der Waals surface area contributed by atoms with Crippen molar-refractivity contribution >= 4 is 6.09 Å². The van der Waals surface area contributed by atoms with Crippen LogP contribution in [-0.4, -0.2) is 36.2 Å². The molecular weight excluding hydrogens is 180 g/mol. The molecule has 4 heteroatoms. The van der Waals surface area contributed by atoms with Gasteiger partial charge in [-0.05, 0) is 32.1 Å². The van der Waals surface area contributed by atoms with Crippen molar-refractivity contribution in [3.05, 3.63) is 0 Å². The van der Waals surface area contributed by atoms with Crippen LogP contribution in [0.1, 0.15) is 32.1 Å². The molecule has 0 bridgehead atoms. The minimum atomic E-state index is -0.137. The highest BCUT2D eigenvalue weighted by Crippen LogP contribution is 2.21. The summed E-state index contributed by atoms with van der Waals surface area (Å²) in [4.78, 5) is 13.4. The summed E-state index contributed by atoms with van der Waals surface area (Å²) in [7, 11) is 0. The number of hydrogen-bond donors (Lipinski definition) is 1. The lowest BCUT2D eigenvalue weighted by Crippen LogP contribution is -2.31. The Morgan fingerprint density at radius 2 is 2.00 bits per heavy atom. The molecular formula is C10H18N2O2. The van der Waals surface area contributed by atoms with Crippen molar-refractivity contribution in [2.45, 2.75) is 44.2 Å². The van der Waals surface area contributed by atoms with Crippen LogP contribution in [0.4, 0.5) is 4.79 Å². The lowest BCUT2D eigenvalue weighted by molar-refractivity contribution is 0.0710. The van der Waals surface area contributed by atoms with Gasteiger partial charge < -0.3 is 15.4 Å². The molecule has 1 aliphatic heterocycles. The third-order valence-corrected chi connectivity index (χ3v) is 3.06. The van der Waals surface area contributed by atoms with Gasteiger partial charge in [-0.25, -0.2) is 4.79 Å². The first-order valence-corrected chi connectivity index (χ1v) is 5.47. The standard InChI is InChI=1S/C10H18N2O2/c11-8-3-4-9(7-8)14-10(13)12-5-1-2-6-12/h8-9H,1-7,11H2. The number of carbonyl (C=O) groups is 1. The Bertz CT molecular complexity index is 214. The molecule has 1 aliphatic carbocycles. The second-order valence-corrected chi connectivity index (χ2v) is 4.27. The Balaban J connectivity index is 1.76. The van der Waals surface area contributed by atoms with Crippen molar-refractivity contribution < 1.29 is 9.53 Å². The maximum absolute atomic E-state index is 11.6. The highest BCUT2D eigenvalue weighted by Gasteiger charge is 2.27. The number of likely N-dealkylation sites (tertiary alicyclic amines) is 1. The Labute approximate surface area is 84.4 Å². The fraction of sp³-hybridized carbons (Fsp3) is 0.900. The summed E-state index contributed by atoms with van der Waals surface area (Å²) in [6.45, 7) is 1.72. The molecule has 2 atom stereocenters. The van der Waals surface area contributed by atoms with Gasteiger partial charge in [0.2, 0.25) is 0 Å². The SMILES string of the molecule is NC1CCC(OC(=O)N2CCCC2)C1. The minimum absolute atomic E-state index is 0.0677. The summed E-state index contributed by atoms with van der Waals surface area (Å²) in [5.74, 6) is 0. The van der Waals surface area contributed by atoms with Gasteiger partial charge in [-0.2, -0.15) is 0 Å². The molecule has 0 aromatic rings. The van der Waals surface area contributed by atoms with Crippen LogP contribution in [0.2, 0.25) is 0 Å². The van der Waals surface area contributed by atoms with Crippen molar-refractivity contribution in [1.29, 1.82) is 0 Å². The molecule has 1 saturated carbocycles. The van der Waals surface area contributed by atoms with E-state index in [1.165, 1.54) is 0 Å². The summed E-state index contributed by atoms with van der Waals surface area (Å²) < 4.78 is 5.37. The van der Waals surface area contributed by atoms with Crippen molar-refractivity contribution in [2.75, 3.05) is 13.1 Å². The molecule has 80 valence electrons. The fourth-order valence-electron chi connectivity index (χ4n) is 2.20. The molecule has 14 heavy (non-hydrogen) atoms. The lowest BCUT2D eigenvalue weighted by atomic mass is 10.3. The van der Waals surface area contributed by atoms with E-state index in [4.69, 9.17) is 10.5 Å². The topological polar surface area (TPSA) is 55.6 Å². The van der Waals surface area contributed by atoms with Crippen LogP contribution in [0, 0.1) is 0 Å². The Morgan fingerprint density at radius 1 is 1.29 bits per heavy atom. The van der Waals surface area contributed by atoms with Gasteiger partial charge in [0.1, 0.15) is 6.10 Å². The highest BCUT2D eigenvalue weighted by molar-refractivity contribution is 5.68. The van der Waals surface area contributed by atoms with Crippen LogP contribution in [0.3, 0.4) is 0 Å². The van der Waals surface area contributed by atoms with Crippen LogP contribution < -0.4 is 5.73 Å². The van der Waals surface area contributed by atoms with Crippen molar-refractivity contribution in [3.63, 3.8) is 0 Å². The molecule has 1 saturated heterocycles. The van der Waals surface area contributed by atoms with Gasteiger partial charge in [0, 0.05) is 19.1 Å². The van der Waals surface area contributed by atoms with E-state index in [-0.39, 0.29) is 18.2 Å². The molecule has 2 aliphatic rings. The van der Waals surface area contributed by atoms with Crippen LogP contribution in [-0.2, 0) is 4.74 Å². The van der Waals surface area contributed by atoms with Gasteiger partial charge in [-0.15, -0.1) is 0 Å². The van der Waals surface area contributed by atoms with Gasteiger partial charge in [-0.1, -0.05) is 0 Å². The molecule has 1 heterocycles. The van der Waals surface area contributed by atoms with E-state index in [2.05, 4.69) is 0 Å². The maximum Gasteiger partial charge on any atom is 0.410 e. The number of nitrogens with zero attached hydrogens (tertiary/aromatic N) is 1. The Kier molecular flexibility index (Phi) is 2.91. The van der Waals surface area contributed by atoms with Crippen LogP contribution >= 0.6 is 0 Å². The number of rotatable bonds is 1. The van der Waals surface area contributed by atoms with Crippen molar-refractivity contribution in [2.24, 2.45) is 5.73 Å². The average molecular weight is 198 g/mol. The van der Waals surface area contributed by atoms with E-state index < -0.39 is 0 Å². The van der Waals surface area contributed by atoms with Gasteiger partial charge in [0.25, 0.3) is 0 Å². The lowest BCUT2D eigenvalue weighted by Gasteiger charge is -2.18. The number of carbonyl (C=O) groups excluding carboxylic acids is 1. The van der Waals surface area contributed by atoms with Gasteiger partial charge >= 0.3 is 6.09 Å². The first-order valence-electron chi connectivity index (χ1n) is 5.47. The van der Waals surface area contributed by atoms with E-state index in [0.717, 1.165) is 45.2 Å². The zero-order valence-electron chi connectivity index (χ0n) is 8.45. The summed E-state index contributed by atoms with van der Waals surface area (Å²) in [5.41, 5.74) is 5.75. The maximum atomic E-state index is 11.6. The fourth-order valence-corrected chi connectivity index (χ4v) is 2.20. The van der Waals surface area contributed by atoms with Gasteiger partial charge in [0.15, 0.2) is 0 Å². The van der Waals surface area contributed by atoms with E-state index in [1.807, 2.05) is 0 Å². The monoisotopic (exact) mass is 198 g/mol. The van der Waals surface area contributed by atoms with E-state index in [0.29, 0.717) is 0 Å². The normalized spacial score (nSPS) is 32.2. The highest BCUT2D eigenvalue weighted by atomic mass is 16.6. The van der Waals surface area contributed by atoms with Crippen molar-refractivity contribution in [1.82, 2.24) is 4.90 Å². The second kappa shape index (κ2) is 4.17. The molecule has 0 radical (unpaired) electrons. The third kappa shape index (κ3) is 2.18. The number of amides is 1. The molecule has 2 fully saturated rings. The molecule has 1 amide bonds. The van der Waals surface area contributed by atoms with E-state index in [9.17, 15) is 4.79 Å². The molecule has 2 rings (SSSR count). The summed E-state index contributed by atoms with van der Waals surface area (Å²) >= 11 is 0. The smallest absolute Gasteiger partial charge is 0.410 e. The molecule has 0 aromatic heterocycles. The van der Waals surface area contributed by atoms with E-state index in [1.54, 1.807) is 4.90 Å². The average Bonchev–Trinajstić information content (AvgIpc) is 2.75. The number of hydrogen-bond acceptors (Lipinski definition) is 3. The number of ether oxygens (including phenoxy) is 1. The predicted molar refractivity (Wildman–Crippen MR) is 52.9 cm³/mol. The third-order valence-electron chi connectivity index (χ3n) is 3.06. The zero-order chi connectivity index (χ0) is 9.97. The first-order chi connectivity index (χ1) is 6.75. The summed E-state index contributed by atoms with van der Waals surface area (Å²) in [6.07, 6.45) is 4.90. The second-order valence-electron chi connectivity index (χ2n) is 4.27.